The zero-order valence-electron chi connectivity index (χ0n) is 16.1. The summed E-state index contributed by atoms with van der Waals surface area (Å²) in [7, 11) is 1.59. The fourth-order valence-electron chi connectivity index (χ4n) is 3.73. The Morgan fingerprint density at radius 2 is 1.81 bits per heavy atom. The van der Waals surface area contributed by atoms with E-state index in [-0.39, 0.29) is 23.8 Å². The molecule has 0 aromatic heterocycles. The Hall–Kier alpha value is -2.12. The number of piperidine rings is 1. The number of likely N-dealkylation sites (tertiary alicyclic amines) is 1. The van der Waals surface area contributed by atoms with Crippen LogP contribution in [0.15, 0.2) is 24.3 Å². The van der Waals surface area contributed by atoms with E-state index in [0.29, 0.717) is 37.7 Å². The van der Waals surface area contributed by atoms with Gasteiger partial charge in [-0.2, -0.15) is 0 Å². The molecule has 1 aromatic rings. The number of morpholine rings is 1. The molecule has 0 spiro atoms. The molecule has 0 bridgehead atoms. The molecule has 2 aliphatic rings. The molecule has 2 fully saturated rings. The second-order valence-corrected chi connectivity index (χ2v) is 7.11. The number of ether oxygens (including phenoxy) is 2. The van der Waals surface area contributed by atoms with Crippen molar-refractivity contribution in [3.8, 4) is 5.75 Å². The lowest BCUT2D eigenvalue weighted by Gasteiger charge is -2.37. The zero-order valence-corrected chi connectivity index (χ0v) is 16.1. The van der Waals surface area contributed by atoms with Crippen molar-refractivity contribution in [1.29, 1.82) is 0 Å². The summed E-state index contributed by atoms with van der Waals surface area (Å²) in [5, 5.41) is 2.95. The van der Waals surface area contributed by atoms with Crippen molar-refractivity contribution in [3.05, 3.63) is 24.3 Å². The topological polar surface area (TPSA) is 71.1 Å². The molecule has 0 aliphatic carbocycles. The fraction of sp³-hybridized carbons (Fsp3) is 0.600. The number of hydrogen-bond acceptors (Lipinski definition) is 5. The summed E-state index contributed by atoms with van der Waals surface area (Å²) in [6.45, 7) is 6.06. The number of carbonyl (C=O) groups excluding carboxylic acids is 2. The van der Waals surface area contributed by atoms with E-state index in [9.17, 15) is 9.59 Å². The Morgan fingerprint density at radius 3 is 2.48 bits per heavy atom. The molecule has 2 aliphatic heterocycles. The number of rotatable bonds is 5. The number of hydrogen-bond donors (Lipinski definition) is 1. The molecule has 1 aromatic carbocycles. The summed E-state index contributed by atoms with van der Waals surface area (Å²) in [4.78, 5) is 29.3. The summed E-state index contributed by atoms with van der Waals surface area (Å²) >= 11 is 0. The first-order chi connectivity index (χ1) is 13.1. The molecule has 2 amide bonds. The molecule has 2 heterocycles. The molecule has 1 atom stereocenters. The monoisotopic (exact) mass is 375 g/mol. The van der Waals surface area contributed by atoms with Crippen LogP contribution in [0.1, 0.15) is 19.8 Å². The maximum absolute atomic E-state index is 12.6. The molecule has 148 valence electrons. The molecule has 2 saturated heterocycles. The minimum Gasteiger partial charge on any atom is -0.495 e. The Morgan fingerprint density at radius 1 is 1.15 bits per heavy atom. The Balaban J connectivity index is 1.51. The highest BCUT2D eigenvalue weighted by molar-refractivity contribution is 5.95. The van der Waals surface area contributed by atoms with Gasteiger partial charge >= 0.3 is 0 Å². The van der Waals surface area contributed by atoms with Crippen molar-refractivity contribution in [1.82, 2.24) is 9.80 Å². The quantitative estimate of drug-likeness (QED) is 0.846. The first-order valence-corrected chi connectivity index (χ1v) is 9.64. The molecule has 27 heavy (non-hydrogen) atoms. The molecule has 0 saturated carbocycles. The minimum atomic E-state index is -0.255. The van der Waals surface area contributed by atoms with Crippen LogP contribution in [-0.4, -0.2) is 74.2 Å². The van der Waals surface area contributed by atoms with Crippen molar-refractivity contribution in [2.24, 2.45) is 5.92 Å². The number of amides is 2. The van der Waals surface area contributed by atoms with E-state index in [4.69, 9.17) is 9.47 Å². The van der Waals surface area contributed by atoms with E-state index < -0.39 is 0 Å². The van der Waals surface area contributed by atoms with Crippen LogP contribution >= 0.6 is 0 Å². The third-order valence-electron chi connectivity index (χ3n) is 5.49. The van der Waals surface area contributed by atoms with Crippen molar-refractivity contribution in [3.63, 3.8) is 0 Å². The summed E-state index contributed by atoms with van der Waals surface area (Å²) < 4.78 is 10.6. The number of anilines is 1. The molecule has 7 heteroatoms. The van der Waals surface area contributed by atoms with Gasteiger partial charge in [0.1, 0.15) is 5.75 Å². The predicted molar refractivity (Wildman–Crippen MR) is 103 cm³/mol. The highest BCUT2D eigenvalue weighted by atomic mass is 16.5. The normalized spacial score (nSPS) is 20.1. The maximum Gasteiger partial charge on any atom is 0.241 e. The van der Waals surface area contributed by atoms with E-state index in [1.165, 1.54) is 0 Å². The van der Waals surface area contributed by atoms with Crippen molar-refractivity contribution in [2.45, 2.75) is 25.8 Å². The Labute approximate surface area is 160 Å². The van der Waals surface area contributed by atoms with Crippen LogP contribution in [0, 0.1) is 5.92 Å². The zero-order chi connectivity index (χ0) is 19.2. The van der Waals surface area contributed by atoms with Gasteiger partial charge < -0.3 is 19.7 Å². The number of benzene rings is 1. The van der Waals surface area contributed by atoms with E-state index in [2.05, 4.69) is 10.2 Å². The van der Waals surface area contributed by atoms with Crippen molar-refractivity contribution >= 4 is 17.5 Å². The van der Waals surface area contributed by atoms with Crippen molar-refractivity contribution < 1.29 is 19.1 Å². The van der Waals surface area contributed by atoms with Gasteiger partial charge in [0.2, 0.25) is 11.8 Å². The number of nitrogens with one attached hydrogen (secondary N) is 1. The molecule has 7 nitrogen and oxygen atoms in total. The highest BCUT2D eigenvalue weighted by Gasteiger charge is 2.32. The first-order valence-electron chi connectivity index (χ1n) is 9.64. The van der Waals surface area contributed by atoms with Gasteiger partial charge in [-0.15, -0.1) is 0 Å². The van der Waals surface area contributed by atoms with E-state index in [1.807, 2.05) is 36.1 Å². The lowest BCUT2D eigenvalue weighted by atomic mass is 9.94. The number of nitrogens with zero attached hydrogens (tertiary/aromatic N) is 2. The third kappa shape index (κ3) is 4.78. The van der Waals surface area contributed by atoms with Crippen LogP contribution in [0.5, 0.6) is 5.75 Å². The number of methoxy groups -OCH3 is 1. The van der Waals surface area contributed by atoms with E-state index >= 15 is 0 Å². The van der Waals surface area contributed by atoms with Crippen LogP contribution in [-0.2, 0) is 14.3 Å². The van der Waals surface area contributed by atoms with Gasteiger partial charge in [0.05, 0.1) is 32.1 Å². The molecular formula is C20H29N3O4. The van der Waals surface area contributed by atoms with Crippen LogP contribution in [0.4, 0.5) is 5.69 Å². The number of para-hydroxylation sites is 2. The summed E-state index contributed by atoms with van der Waals surface area (Å²) in [6.07, 6.45) is 1.59. The third-order valence-corrected chi connectivity index (χ3v) is 5.49. The van der Waals surface area contributed by atoms with Crippen molar-refractivity contribution in [2.75, 3.05) is 51.8 Å². The molecule has 3 rings (SSSR count). The molecule has 0 unspecified atom stereocenters. The summed E-state index contributed by atoms with van der Waals surface area (Å²) in [6, 6.07) is 7.13. The average molecular weight is 375 g/mol. The smallest absolute Gasteiger partial charge is 0.241 e. The first kappa shape index (κ1) is 19.6. The standard InChI is InChI=1S/C20H29N3O4/c1-15(19(24)21-17-5-3-4-6-18(17)26-2)22-9-7-16(8-10-22)20(25)23-11-13-27-14-12-23/h3-6,15-16H,7-14H2,1-2H3,(H,21,24)/t15-/m1/s1. The van der Waals surface area contributed by atoms with Gasteiger partial charge in [-0.3, -0.25) is 14.5 Å². The van der Waals surface area contributed by atoms with Gasteiger partial charge in [-0.1, -0.05) is 12.1 Å². The van der Waals surface area contributed by atoms with Gasteiger partial charge in [-0.25, -0.2) is 0 Å². The van der Waals surface area contributed by atoms with Crippen LogP contribution < -0.4 is 10.1 Å². The maximum atomic E-state index is 12.6. The van der Waals surface area contributed by atoms with Crippen LogP contribution in [0.2, 0.25) is 0 Å². The van der Waals surface area contributed by atoms with E-state index in [1.54, 1.807) is 7.11 Å². The lowest BCUT2D eigenvalue weighted by molar-refractivity contribution is -0.141. The summed E-state index contributed by atoms with van der Waals surface area (Å²) in [5.74, 6) is 0.887. The van der Waals surface area contributed by atoms with Crippen LogP contribution in [0.25, 0.3) is 0 Å². The predicted octanol–water partition coefficient (Wildman–Crippen LogP) is 1.59. The van der Waals surface area contributed by atoms with Gasteiger partial charge in [0.25, 0.3) is 0 Å². The van der Waals surface area contributed by atoms with E-state index in [0.717, 1.165) is 25.9 Å². The fourth-order valence-corrected chi connectivity index (χ4v) is 3.73. The SMILES string of the molecule is COc1ccccc1NC(=O)[C@@H](C)N1CCC(C(=O)N2CCOCC2)CC1. The van der Waals surface area contributed by atoms with Crippen LogP contribution in [0.3, 0.4) is 0 Å². The summed E-state index contributed by atoms with van der Waals surface area (Å²) in [5.41, 5.74) is 0.675. The Bertz CT molecular complexity index is 652. The highest BCUT2D eigenvalue weighted by Crippen LogP contribution is 2.25. The largest absolute Gasteiger partial charge is 0.495 e. The van der Waals surface area contributed by atoms with Gasteiger partial charge in [-0.05, 0) is 45.0 Å². The molecule has 1 N–H and O–H groups in total. The second-order valence-electron chi connectivity index (χ2n) is 7.11. The average Bonchev–Trinajstić information content (AvgIpc) is 2.73. The van der Waals surface area contributed by atoms with Gasteiger partial charge in [0.15, 0.2) is 0 Å². The minimum absolute atomic E-state index is 0.0579. The molecule has 0 radical (unpaired) electrons. The second kappa shape index (κ2) is 9.19. The Kier molecular flexibility index (Phi) is 6.68. The number of carbonyl (C=O) groups is 2. The molecular weight excluding hydrogens is 346 g/mol. The lowest BCUT2D eigenvalue weighted by Crippen LogP contribution is -2.50. The van der Waals surface area contributed by atoms with Gasteiger partial charge in [0, 0.05) is 19.0 Å².